The van der Waals surface area contributed by atoms with Gasteiger partial charge < -0.3 is 19.7 Å². The molecule has 0 atom stereocenters. The van der Waals surface area contributed by atoms with E-state index >= 15 is 0 Å². The minimum atomic E-state index is 0.764. The van der Waals surface area contributed by atoms with E-state index in [0.29, 0.717) is 0 Å². The molecule has 1 N–H and O–H groups in total. The molecule has 170 valence electrons. The van der Waals surface area contributed by atoms with Gasteiger partial charge in [0.15, 0.2) is 5.96 Å². The van der Waals surface area contributed by atoms with Crippen LogP contribution in [-0.4, -0.2) is 74.2 Å². The molecule has 0 spiro atoms. The Kier molecular flexibility index (Phi) is 8.97. The van der Waals surface area contributed by atoms with Gasteiger partial charge in [0, 0.05) is 68.9 Å². The molecule has 1 aliphatic heterocycles. The van der Waals surface area contributed by atoms with Crippen LogP contribution in [0.4, 0.5) is 0 Å². The Balaban J connectivity index is 1.54. The van der Waals surface area contributed by atoms with Crippen molar-refractivity contribution in [2.45, 2.75) is 33.2 Å². The SMILES string of the molecule is CCNC(=NCCc1ncc(CC)s1)N1CCN(Cc2cc(OC)ccc2OC)CC1. The predicted octanol–water partition coefficient (Wildman–Crippen LogP) is 3.05. The maximum absolute atomic E-state index is 5.54. The van der Waals surface area contributed by atoms with Crippen LogP contribution in [0.15, 0.2) is 29.4 Å². The molecule has 2 aromatic rings. The van der Waals surface area contributed by atoms with Gasteiger partial charge in [-0.05, 0) is 31.5 Å². The number of nitrogens with one attached hydrogen (secondary N) is 1. The lowest BCUT2D eigenvalue weighted by atomic mass is 10.1. The maximum Gasteiger partial charge on any atom is 0.194 e. The van der Waals surface area contributed by atoms with Gasteiger partial charge in [-0.1, -0.05) is 6.92 Å². The number of aliphatic imine (C=N–C) groups is 1. The fourth-order valence-corrected chi connectivity index (χ4v) is 4.53. The first-order valence-corrected chi connectivity index (χ1v) is 11.9. The number of benzene rings is 1. The average molecular weight is 446 g/mol. The Morgan fingerprint density at radius 3 is 2.61 bits per heavy atom. The van der Waals surface area contributed by atoms with Crippen LogP contribution in [0.1, 0.15) is 29.3 Å². The Labute approximate surface area is 190 Å². The summed E-state index contributed by atoms with van der Waals surface area (Å²) < 4.78 is 10.9. The molecule has 0 amide bonds. The first kappa shape index (κ1) is 23.3. The fourth-order valence-electron chi connectivity index (χ4n) is 3.67. The summed E-state index contributed by atoms with van der Waals surface area (Å²) in [7, 11) is 3.42. The topological polar surface area (TPSA) is 62.2 Å². The van der Waals surface area contributed by atoms with Crippen LogP contribution in [0.3, 0.4) is 0 Å². The smallest absolute Gasteiger partial charge is 0.194 e. The molecule has 2 heterocycles. The second-order valence-corrected chi connectivity index (χ2v) is 8.70. The van der Waals surface area contributed by atoms with E-state index in [0.717, 1.165) is 81.7 Å². The van der Waals surface area contributed by atoms with Gasteiger partial charge in [0.05, 0.1) is 19.2 Å². The van der Waals surface area contributed by atoms with Crippen LogP contribution in [0.2, 0.25) is 0 Å². The number of piperazine rings is 1. The second kappa shape index (κ2) is 11.9. The number of nitrogens with zero attached hydrogens (tertiary/aromatic N) is 4. The molecular weight excluding hydrogens is 410 g/mol. The molecule has 1 saturated heterocycles. The Hall–Kier alpha value is -2.32. The summed E-state index contributed by atoms with van der Waals surface area (Å²) in [6.45, 7) is 10.7. The Morgan fingerprint density at radius 1 is 1.16 bits per heavy atom. The van der Waals surface area contributed by atoms with E-state index in [2.05, 4.69) is 40.0 Å². The maximum atomic E-state index is 5.54. The highest BCUT2D eigenvalue weighted by atomic mass is 32.1. The number of thiazole rings is 1. The Morgan fingerprint density at radius 2 is 1.97 bits per heavy atom. The molecule has 0 bridgehead atoms. The summed E-state index contributed by atoms with van der Waals surface area (Å²) in [5, 5.41) is 4.63. The van der Waals surface area contributed by atoms with E-state index in [9.17, 15) is 0 Å². The van der Waals surface area contributed by atoms with Gasteiger partial charge in [-0.25, -0.2) is 4.98 Å². The van der Waals surface area contributed by atoms with Gasteiger partial charge >= 0.3 is 0 Å². The van der Waals surface area contributed by atoms with Crippen molar-refractivity contribution in [3.05, 3.63) is 39.8 Å². The van der Waals surface area contributed by atoms with Crippen molar-refractivity contribution in [3.8, 4) is 11.5 Å². The van der Waals surface area contributed by atoms with Crippen molar-refractivity contribution in [3.63, 3.8) is 0 Å². The summed E-state index contributed by atoms with van der Waals surface area (Å²) >= 11 is 1.80. The van der Waals surface area contributed by atoms with Gasteiger partial charge in [-0.15, -0.1) is 11.3 Å². The van der Waals surface area contributed by atoms with Gasteiger partial charge in [-0.2, -0.15) is 0 Å². The number of guanidine groups is 1. The lowest BCUT2D eigenvalue weighted by molar-refractivity contribution is 0.171. The van der Waals surface area contributed by atoms with E-state index < -0.39 is 0 Å². The zero-order valence-electron chi connectivity index (χ0n) is 19.2. The van der Waals surface area contributed by atoms with E-state index in [4.69, 9.17) is 14.5 Å². The molecule has 7 nitrogen and oxygen atoms in total. The molecule has 1 aliphatic rings. The molecule has 8 heteroatoms. The van der Waals surface area contributed by atoms with Crippen LogP contribution in [-0.2, 0) is 19.4 Å². The minimum absolute atomic E-state index is 0.764. The van der Waals surface area contributed by atoms with Crippen molar-refractivity contribution < 1.29 is 9.47 Å². The molecular formula is C23H35N5O2S. The number of aryl methyl sites for hydroxylation is 1. The largest absolute Gasteiger partial charge is 0.497 e. The highest BCUT2D eigenvalue weighted by Crippen LogP contribution is 2.25. The fraction of sp³-hybridized carbons (Fsp3) is 0.565. The van der Waals surface area contributed by atoms with Crippen LogP contribution in [0, 0.1) is 0 Å². The van der Waals surface area contributed by atoms with E-state index in [-0.39, 0.29) is 0 Å². The zero-order chi connectivity index (χ0) is 22.1. The predicted molar refractivity (Wildman–Crippen MR) is 128 cm³/mol. The van der Waals surface area contributed by atoms with Crippen molar-refractivity contribution in [2.75, 3.05) is 53.5 Å². The molecule has 0 unspecified atom stereocenters. The number of rotatable bonds is 9. The lowest BCUT2D eigenvalue weighted by Crippen LogP contribution is -2.52. The van der Waals surface area contributed by atoms with Crippen LogP contribution in [0.5, 0.6) is 11.5 Å². The molecule has 3 rings (SSSR count). The van der Waals surface area contributed by atoms with E-state index in [1.165, 1.54) is 9.88 Å². The second-order valence-electron chi connectivity index (χ2n) is 7.50. The molecule has 1 aromatic carbocycles. The van der Waals surface area contributed by atoms with Crippen LogP contribution >= 0.6 is 11.3 Å². The summed E-state index contributed by atoms with van der Waals surface area (Å²) in [5.74, 6) is 2.78. The van der Waals surface area contributed by atoms with Gasteiger partial charge in [0.1, 0.15) is 11.5 Å². The number of methoxy groups -OCH3 is 2. The first-order valence-electron chi connectivity index (χ1n) is 11.1. The van der Waals surface area contributed by atoms with E-state index in [1.807, 2.05) is 18.3 Å². The van der Waals surface area contributed by atoms with Gasteiger partial charge in [0.25, 0.3) is 0 Å². The third kappa shape index (κ3) is 6.58. The molecule has 0 saturated carbocycles. The summed E-state index contributed by atoms with van der Waals surface area (Å²) in [4.78, 5) is 15.5. The van der Waals surface area contributed by atoms with Crippen LogP contribution < -0.4 is 14.8 Å². The summed E-state index contributed by atoms with van der Waals surface area (Å²) in [5.41, 5.74) is 1.16. The third-order valence-corrected chi connectivity index (χ3v) is 6.63. The highest BCUT2D eigenvalue weighted by Gasteiger charge is 2.21. The number of ether oxygens (including phenoxy) is 2. The molecule has 0 radical (unpaired) electrons. The normalized spacial score (nSPS) is 15.2. The molecule has 0 aliphatic carbocycles. The molecule has 1 fully saturated rings. The first-order chi connectivity index (χ1) is 15.2. The standard InChI is InChI=1S/C23H35N5O2S/c1-5-20-16-26-22(31-20)9-10-25-23(24-6-2)28-13-11-27(12-14-28)17-18-15-19(29-3)7-8-21(18)30-4/h7-8,15-16H,5-6,9-14,17H2,1-4H3,(H,24,25). The zero-order valence-corrected chi connectivity index (χ0v) is 20.0. The number of aromatic nitrogens is 1. The lowest BCUT2D eigenvalue weighted by Gasteiger charge is -2.36. The highest BCUT2D eigenvalue weighted by molar-refractivity contribution is 7.11. The summed E-state index contributed by atoms with van der Waals surface area (Å²) in [6, 6.07) is 5.99. The third-order valence-electron chi connectivity index (χ3n) is 5.43. The van der Waals surface area contributed by atoms with Crippen LogP contribution in [0.25, 0.3) is 0 Å². The van der Waals surface area contributed by atoms with Crippen molar-refractivity contribution in [1.82, 2.24) is 20.1 Å². The summed E-state index contributed by atoms with van der Waals surface area (Å²) in [6.07, 6.45) is 3.94. The average Bonchev–Trinajstić information content (AvgIpc) is 3.27. The Bertz CT molecular complexity index is 846. The van der Waals surface area contributed by atoms with Crippen molar-refractivity contribution in [2.24, 2.45) is 4.99 Å². The minimum Gasteiger partial charge on any atom is -0.497 e. The monoisotopic (exact) mass is 445 g/mol. The quantitative estimate of drug-likeness (QED) is 0.473. The number of hydrogen-bond donors (Lipinski definition) is 1. The van der Waals surface area contributed by atoms with Gasteiger partial charge in [-0.3, -0.25) is 9.89 Å². The van der Waals surface area contributed by atoms with Crippen molar-refractivity contribution in [1.29, 1.82) is 0 Å². The molecule has 31 heavy (non-hydrogen) atoms. The van der Waals surface area contributed by atoms with Crippen molar-refractivity contribution >= 4 is 17.3 Å². The van der Waals surface area contributed by atoms with E-state index in [1.54, 1.807) is 25.6 Å². The molecule has 1 aromatic heterocycles. The number of hydrogen-bond acceptors (Lipinski definition) is 6. The van der Waals surface area contributed by atoms with Gasteiger partial charge in [0.2, 0.25) is 0 Å².